The second-order valence-corrected chi connectivity index (χ2v) is 5.84. The van der Waals surface area contributed by atoms with Gasteiger partial charge in [-0.05, 0) is 43.5 Å². The number of anilines is 1. The normalized spacial score (nSPS) is 10.2. The van der Waals surface area contributed by atoms with Crippen LogP contribution in [-0.4, -0.2) is 31.7 Å². The van der Waals surface area contributed by atoms with E-state index >= 15 is 0 Å². The number of ether oxygens (including phenoxy) is 3. The van der Waals surface area contributed by atoms with Crippen LogP contribution in [0.25, 0.3) is 0 Å². The Hall–Kier alpha value is -3.02. The Labute approximate surface area is 159 Å². The van der Waals surface area contributed by atoms with E-state index in [2.05, 4.69) is 5.32 Å². The molecule has 0 saturated carbocycles. The number of nitrogens with one attached hydrogen (secondary N) is 1. The van der Waals surface area contributed by atoms with Crippen molar-refractivity contribution < 1.29 is 23.8 Å². The Bertz CT molecular complexity index is 788. The van der Waals surface area contributed by atoms with Gasteiger partial charge in [-0.2, -0.15) is 0 Å². The van der Waals surface area contributed by atoms with Gasteiger partial charge >= 0.3 is 5.97 Å². The molecule has 0 saturated heterocycles. The van der Waals surface area contributed by atoms with Crippen LogP contribution in [0.2, 0.25) is 0 Å². The van der Waals surface area contributed by atoms with Gasteiger partial charge in [-0.1, -0.05) is 37.3 Å². The zero-order valence-electron chi connectivity index (χ0n) is 15.9. The van der Waals surface area contributed by atoms with Crippen molar-refractivity contribution in [3.05, 3.63) is 53.6 Å². The van der Waals surface area contributed by atoms with Crippen LogP contribution in [-0.2, 0) is 20.7 Å². The van der Waals surface area contributed by atoms with Crippen molar-refractivity contribution in [2.45, 2.75) is 27.2 Å². The van der Waals surface area contributed by atoms with Gasteiger partial charge in [0.15, 0.2) is 24.7 Å². The molecule has 2 aromatic carbocycles. The molecule has 0 aromatic heterocycles. The van der Waals surface area contributed by atoms with Gasteiger partial charge in [0, 0.05) is 5.69 Å². The molecule has 0 aliphatic carbocycles. The second kappa shape index (κ2) is 10.2. The predicted octanol–water partition coefficient (Wildman–Crippen LogP) is 3.52. The molecular weight excluding hydrogens is 346 g/mol. The van der Waals surface area contributed by atoms with Gasteiger partial charge in [-0.3, -0.25) is 4.79 Å². The molecule has 0 aliphatic heterocycles. The number of carbonyl (C=O) groups is 2. The third-order valence-corrected chi connectivity index (χ3v) is 3.86. The molecule has 0 bridgehead atoms. The van der Waals surface area contributed by atoms with E-state index in [-0.39, 0.29) is 19.1 Å². The quantitative estimate of drug-likeness (QED) is 0.683. The number of rotatable bonds is 9. The van der Waals surface area contributed by atoms with Gasteiger partial charge in [0.05, 0.1) is 6.61 Å². The Kier molecular flexibility index (Phi) is 7.67. The molecule has 0 atom stereocenters. The standard InChI is InChI=1S/C21H25NO5/c1-4-16-10-8-9-15(3)21(16)22-19(23)13-27-20(24)14-26-18-12-7-6-11-17(18)25-5-2/h6-12H,4-5,13-14H2,1-3H3,(H,22,23). The zero-order chi connectivity index (χ0) is 19.6. The summed E-state index contributed by atoms with van der Waals surface area (Å²) in [6.45, 7) is 5.62. The third-order valence-electron chi connectivity index (χ3n) is 3.86. The molecule has 0 radical (unpaired) electrons. The molecule has 6 heteroatoms. The molecule has 1 amide bonds. The minimum absolute atomic E-state index is 0.304. The fourth-order valence-electron chi connectivity index (χ4n) is 2.55. The Morgan fingerprint density at radius 2 is 1.63 bits per heavy atom. The van der Waals surface area contributed by atoms with Crippen LogP contribution in [0.5, 0.6) is 11.5 Å². The second-order valence-electron chi connectivity index (χ2n) is 5.84. The fourth-order valence-corrected chi connectivity index (χ4v) is 2.55. The highest BCUT2D eigenvalue weighted by atomic mass is 16.6. The molecule has 0 heterocycles. The van der Waals surface area contributed by atoms with Crippen molar-refractivity contribution in [2.75, 3.05) is 25.1 Å². The molecule has 2 aromatic rings. The molecule has 0 unspecified atom stereocenters. The first-order valence-corrected chi connectivity index (χ1v) is 8.93. The Morgan fingerprint density at radius 1 is 0.926 bits per heavy atom. The highest BCUT2D eigenvalue weighted by Gasteiger charge is 2.13. The minimum Gasteiger partial charge on any atom is -0.490 e. The van der Waals surface area contributed by atoms with Crippen molar-refractivity contribution in [1.29, 1.82) is 0 Å². The monoisotopic (exact) mass is 371 g/mol. The predicted molar refractivity (Wildman–Crippen MR) is 103 cm³/mol. The van der Waals surface area contributed by atoms with Crippen molar-refractivity contribution in [3.8, 4) is 11.5 Å². The molecule has 0 aliphatic rings. The first-order chi connectivity index (χ1) is 13.0. The summed E-state index contributed by atoms with van der Waals surface area (Å²) in [7, 11) is 0. The van der Waals surface area contributed by atoms with Gasteiger partial charge in [0.1, 0.15) is 0 Å². The van der Waals surface area contributed by atoms with E-state index < -0.39 is 5.97 Å². The van der Waals surface area contributed by atoms with Crippen LogP contribution < -0.4 is 14.8 Å². The summed E-state index contributed by atoms with van der Waals surface area (Å²) < 4.78 is 15.8. The average Bonchev–Trinajstić information content (AvgIpc) is 2.67. The van der Waals surface area contributed by atoms with Crippen molar-refractivity contribution in [3.63, 3.8) is 0 Å². The number of esters is 1. The van der Waals surface area contributed by atoms with Gasteiger partial charge in [0.25, 0.3) is 5.91 Å². The summed E-state index contributed by atoms with van der Waals surface area (Å²) in [5.41, 5.74) is 2.76. The number of para-hydroxylation sites is 3. The maximum atomic E-state index is 12.1. The van der Waals surface area contributed by atoms with Crippen LogP contribution >= 0.6 is 0 Å². The van der Waals surface area contributed by atoms with E-state index in [1.165, 1.54) is 0 Å². The summed E-state index contributed by atoms with van der Waals surface area (Å²) in [5, 5.41) is 2.81. The van der Waals surface area contributed by atoms with Crippen molar-refractivity contribution in [2.24, 2.45) is 0 Å². The lowest BCUT2D eigenvalue weighted by Gasteiger charge is -2.13. The van der Waals surface area contributed by atoms with Crippen LogP contribution in [0.3, 0.4) is 0 Å². The number of benzene rings is 2. The van der Waals surface area contributed by atoms with E-state index in [9.17, 15) is 9.59 Å². The summed E-state index contributed by atoms with van der Waals surface area (Å²) in [4.78, 5) is 24.0. The SMILES string of the molecule is CCOc1ccccc1OCC(=O)OCC(=O)Nc1c(C)cccc1CC. The van der Waals surface area contributed by atoms with Gasteiger partial charge in [-0.15, -0.1) is 0 Å². The molecule has 144 valence electrons. The molecular formula is C21H25NO5. The lowest BCUT2D eigenvalue weighted by Crippen LogP contribution is -2.24. The van der Waals surface area contributed by atoms with Crippen LogP contribution in [0, 0.1) is 6.92 Å². The fraction of sp³-hybridized carbons (Fsp3) is 0.333. The summed E-state index contributed by atoms with van der Waals surface area (Å²) in [5.74, 6) is -0.00976. The van der Waals surface area contributed by atoms with E-state index in [1.54, 1.807) is 18.2 Å². The Morgan fingerprint density at radius 3 is 2.30 bits per heavy atom. The first kappa shape index (κ1) is 20.3. The lowest BCUT2D eigenvalue weighted by atomic mass is 10.1. The maximum Gasteiger partial charge on any atom is 0.344 e. The van der Waals surface area contributed by atoms with E-state index in [0.29, 0.717) is 18.1 Å². The topological polar surface area (TPSA) is 73.9 Å². The molecule has 0 spiro atoms. The van der Waals surface area contributed by atoms with Crippen LogP contribution in [0.15, 0.2) is 42.5 Å². The average molecular weight is 371 g/mol. The summed E-state index contributed by atoms with van der Waals surface area (Å²) >= 11 is 0. The first-order valence-electron chi connectivity index (χ1n) is 8.93. The van der Waals surface area contributed by atoms with Gasteiger partial charge in [-0.25, -0.2) is 4.79 Å². The molecule has 2 rings (SSSR count). The Balaban J connectivity index is 1.83. The largest absolute Gasteiger partial charge is 0.490 e. The highest BCUT2D eigenvalue weighted by Crippen LogP contribution is 2.26. The number of amides is 1. The third kappa shape index (κ3) is 6.02. The van der Waals surface area contributed by atoms with E-state index in [4.69, 9.17) is 14.2 Å². The van der Waals surface area contributed by atoms with Crippen molar-refractivity contribution in [1.82, 2.24) is 0 Å². The lowest BCUT2D eigenvalue weighted by molar-refractivity contribution is -0.149. The molecule has 6 nitrogen and oxygen atoms in total. The van der Waals surface area contributed by atoms with Gasteiger partial charge in [0.2, 0.25) is 0 Å². The maximum absolute atomic E-state index is 12.1. The number of aryl methyl sites for hydroxylation is 2. The van der Waals surface area contributed by atoms with Crippen molar-refractivity contribution >= 4 is 17.6 Å². The summed E-state index contributed by atoms with van der Waals surface area (Å²) in [6.07, 6.45) is 0.796. The molecule has 27 heavy (non-hydrogen) atoms. The highest BCUT2D eigenvalue weighted by molar-refractivity contribution is 5.94. The summed E-state index contributed by atoms with van der Waals surface area (Å²) in [6, 6.07) is 12.9. The molecule has 1 N–H and O–H groups in total. The van der Waals surface area contributed by atoms with Gasteiger partial charge < -0.3 is 19.5 Å². The van der Waals surface area contributed by atoms with E-state index in [1.807, 2.05) is 45.0 Å². The zero-order valence-corrected chi connectivity index (χ0v) is 15.9. The number of hydrogen-bond acceptors (Lipinski definition) is 5. The smallest absolute Gasteiger partial charge is 0.344 e. The minimum atomic E-state index is -0.628. The van der Waals surface area contributed by atoms with E-state index in [0.717, 1.165) is 23.2 Å². The van der Waals surface area contributed by atoms with Crippen LogP contribution in [0.1, 0.15) is 25.0 Å². The molecule has 0 fully saturated rings. The number of carbonyl (C=O) groups excluding carboxylic acids is 2. The van der Waals surface area contributed by atoms with Crippen LogP contribution in [0.4, 0.5) is 5.69 Å². The number of hydrogen-bond donors (Lipinski definition) is 1.